The predicted molar refractivity (Wildman–Crippen MR) is 81.8 cm³/mol. The van der Waals surface area contributed by atoms with Crippen LogP contribution in [0.25, 0.3) is 0 Å². The number of halogens is 1. The second-order valence-corrected chi connectivity index (χ2v) is 5.35. The van der Waals surface area contributed by atoms with Gasteiger partial charge in [-0.15, -0.1) is 0 Å². The van der Waals surface area contributed by atoms with Gasteiger partial charge in [0.25, 0.3) is 0 Å². The van der Waals surface area contributed by atoms with Crippen LogP contribution in [0.3, 0.4) is 0 Å². The summed E-state index contributed by atoms with van der Waals surface area (Å²) in [7, 11) is 0. The van der Waals surface area contributed by atoms with E-state index in [1.807, 2.05) is 19.1 Å². The summed E-state index contributed by atoms with van der Waals surface area (Å²) in [6, 6.07) is 14.5. The molecule has 3 N–H and O–H groups in total. The predicted octanol–water partition coefficient (Wildman–Crippen LogP) is 4.51. The van der Waals surface area contributed by atoms with Crippen molar-refractivity contribution in [3.05, 3.63) is 58.1 Å². The highest BCUT2D eigenvalue weighted by Gasteiger charge is 2.07. The van der Waals surface area contributed by atoms with Crippen LogP contribution in [0.15, 0.2) is 46.9 Å². The Morgan fingerprint density at radius 2 is 1.78 bits per heavy atom. The average molecular weight is 305 g/mol. The number of benzene rings is 2. The molecule has 0 radical (unpaired) electrons. The maximum absolute atomic E-state index is 5.91. The van der Waals surface area contributed by atoms with Gasteiger partial charge in [-0.2, -0.15) is 0 Å². The molecular weight excluding hydrogens is 288 g/mol. The second kappa shape index (κ2) is 5.44. The molecule has 0 amide bonds. The van der Waals surface area contributed by atoms with Crippen LogP contribution in [0, 0.1) is 6.92 Å². The van der Waals surface area contributed by atoms with E-state index in [1.54, 1.807) is 0 Å². The van der Waals surface area contributed by atoms with E-state index >= 15 is 0 Å². The van der Waals surface area contributed by atoms with Crippen LogP contribution in [-0.2, 0) is 0 Å². The molecule has 0 aliphatic heterocycles. The molecule has 94 valence electrons. The molecule has 18 heavy (non-hydrogen) atoms. The molecule has 0 saturated heterocycles. The first kappa shape index (κ1) is 13.0. The van der Waals surface area contributed by atoms with Crippen LogP contribution in [0.2, 0.25) is 0 Å². The van der Waals surface area contributed by atoms with Gasteiger partial charge in [-0.25, -0.2) is 0 Å². The number of nitrogen functional groups attached to an aromatic ring is 1. The number of nitrogens with two attached hydrogens (primary N) is 1. The normalized spacial score (nSPS) is 12.2. The SMILES string of the molecule is Cc1c(N)cccc1NC(C)c1ccc(Br)cc1. The summed E-state index contributed by atoms with van der Waals surface area (Å²) < 4.78 is 1.10. The number of hydrogen-bond acceptors (Lipinski definition) is 2. The lowest BCUT2D eigenvalue weighted by atomic mass is 10.1. The fourth-order valence-corrected chi connectivity index (χ4v) is 2.14. The Labute approximate surface area is 116 Å². The first-order chi connectivity index (χ1) is 8.58. The summed E-state index contributed by atoms with van der Waals surface area (Å²) in [4.78, 5) is 0. The van der Waals surface area contributed by atoms with Crippen LogP contribution in [0.1, 0.15) is 24.1 Å². The van der Waals surface area contributed by atoms with Gasteiger partial charge in [-0.1, -0.05) is 34.1 Å². The lowest BCUT2D eigenvalue weighted by Crippen LogP contribution is -2.08. The minimum absolute atomic E-state index is 0.249. The van der Waals surface area contributed by atoms with Gasteiger partial charge in [-0.05, 0) is 49.2 Å². The molecule has 1 unspecified atom stereocenters. The second-order valence-electron chi connectivity index (χ2n) is 4.44. The van der Waals surface area contributed by atoms with Crippen molar-refractivity contribution in [1.29, 1.82) is 0 Å². The van der Waals surface area contributed by atoms with Crippen LogP contribution >= 0.6 is 15.9 Å². The molecule has 2 nitrogen and oxygen atoms in total. The highest BCUT2D eigenvalue weighted by atomic mass is 79.9. The van der Waals surface area contributed by atoms with E-state index in [2.05, 4.69) is 58.5 Å². The number of rotatable bonds is 3. The molecular formula is C15H17BrN2. The summed E-state index contributed by atoms with van der Waals surface area (Å²) in [5, 5.41) is 3.49. The fraction of sp³-hybridized carbons (Fsp3) is 0.200. The Balaban J connectivity index is 2.18. The molecule has 0 aliphatic rings. The molecule has 0 heterocycles. The molecule has 0 bridgehead atoms. The molecule has 0 fully saturated rings. The molecule has 2 rings (SSSR count). The Morgan fingerprint density at radius 1 is 1.11 bits per heavy atom. The number of hydrogen-bond donors (Lipinski definition) is 2. The lowest BCUT2D eigenvalue weighted by Gasteiger charge is -2.18. The summed E-state index contributed by atoms with van der Waals surface area (Å²) in [5.41, 5.74) is 10.2. The third-order valence-corrected chi connectivity index (χ3v) is 3.65. The highest BCUT2D eigenvalue weighted by molar-refractivity contribution is 9.10. The standard InChI is InChI=1S/C15H17BrN2/c1-10-14(17)4-3-5-15(10)18-11(2)12-6-8-13(16)9-7-12/h3-9,11,18H,17H2,1-2H3. The van der Waals surface area contributed by atoms with E-state index in [1.165, 1.54) is 5.56 Å². The van der Waals surface area contributed by atoms with Gasteiger partial charge in [0.05, 0.1) is 0 Å². The third kappa shape index (κ3) is 2.85. The van der Waals surface area contributed by atoms with Gasteiger partial charge in [0, 0.05) is 21.9 Å². The van der Waals surface area contributed by atoms with Gasteiger partial charge in [0.2, 0.25) is 0 Å². The van der Waals surface area contributed by atoms with Crippen molar-refractivity contribution in [2.45, 2.75) is 19.9 Å². The van der Waals surface area contributed by atoms with E-state index in [9.17, 15) is 0 Å². The molecule has 0 spiro atoms. The van der Waals surface area contributed by atoms with Gasteiger partial charge >= 0.3 is 0 Å². The highest BCUT2D eigenvalue weighted by Crippen LogP contribution is 2.26. The van der Waals surface area contributed by atoms with Crippen molar-refractivity contribution >= 4 is 27.3 Å². The third-order valence-electron chi connectivity index (χ3n) is 3.12. The molecule has 1 atom stereocenters. The molecule has 2 aromatic rings. The van der Waals surface area contributed by atoms with Crippen LogP contribution in [-0.4, -0.2) is 0 Å². The van der Waals surface area contributed by atoms with Crippen molar-refractivity contribution in [2.24, 2.45) is 0 Å². The van der Waals surface area contributed by atoms with Crippen molar-refractivity contribution in [3.8, 4) is 0 Å². The summed E-state index contributed by atoms with van der Waals surface area (Å²) in [5.74, 6) is 0. The molecule has 2 aromatic carbocycles. The number of anilines is 2. The zero-order valence-electron chi connectivity index (χ0n) is 10.6. The topological polar surface area (TPSA) is 38.0 Å². The Kier molecular flexibility index (Phi) is 3.92. The van der Waals surface area contributed by atoms with Crippen molar-refractivity contribution < 1.29 is 0 Å². The van der Waals surface area contributed by atoms with E-state index < -0.39 is 0 Å². The quantitative estimate of drug-likeness (QED) is 0.819. The van der Waals surface area contributed by atoms with E-state index in [0.717, 1.165) is 21.4 Å². The average Bonchev–Trinajstić information content (AvgIpc) is 2.36. The minimum atomic E-state index is 0.249. The fourth-order valence-electron chi connectivity index (χ4n) is 1.88. The zero-order chi connectivity index (χ0) is 13.1. The summed E-state index contributed by atoms with van der Waals surface area (Å²) in [6.07, 6.45) is 0. The number of nitrogens with one attached hydrogen (secondary N) is 1. The lowest BCUT2D eigenvalue weighted by molar-refractivity contribution is 0.882. The van der Waals surface area contributed by atoms with E-state index in [4.69, 9.17) is 5.73 Å². The van der Waals surface area contributed by atoms with Crippen LogP contribution in [0.4, 0.5) is 11.4 Å². The maximum Gasteiger partial charge on any atom is 0.0485 e. The smallest absolute Gasteiger partial charge is 0.0485 e. The van der Waals surface area contributed by atoms with Crippen molar-refractivity contribution in [3.63, 3.8) is 0 Å². The van der Waals surface area contributed by atoms with Crippen LogP contribution < -0.4 is 11.1 Å². The van der Waals surface area contributed by atoms with Crippen molar-refractivity contribution in [1.82, 2.24) is 0 Å². The minimum Gasteiger partial charge on any atom is -0.398 e. The van der Waals surface area contributed by atoms with E-state index in [0.29, 0.717) is 0 Å². The molecule has 0 aliphatic carbocycles. The maximum atomic E-state index is 5.91. The molecule has 0 saturated carbocycles. The van der Waals surface area contributed by atoms with Gasteiger partial charge in [0.1, 0.15) is 0 Å². The van der Waals surface area contributed by atoms with Crippen LogP contribution in [0.5, 0.6) is 0 Å². The van der Waals surface area contributed by atoms with E-state index in [-0.39, 0.29) is 6.04 Å². The molecule has 3 heteroatoms. The largest absolute Gasteiger partial charge is 0.398 e. The summed E-state index contributed by atoms with van der Waals surface area (Å²) in [6.45, 7) is 4.18. The first-order valence-electron chi connectivity index (χ1n) is 5.95. The Hall–Kier alpha value is -1.48. The monoisotopic (exact) mass is 304 g/mol. The Morgan fingerprint density at radius 3 is 2.44 bits per heavy atom. The van der Waals surface area contributed by atoms with Gasteiger partial charge < -0.3 is 11.1 Å². The van der Waals surface area contributed by atoms with Gasteiger partial charge in [0.15, 0.2) is 0 Å². The summed E-state index contributed by atoms with van der Waals surface area (Å²) >= 11 is 3.45. The van der Waals surface area contributed by atoms with Gasteiger partial charge in [-0.3, -0.25) is 0 Å². The molecule has 0 aromatic heterocycles. The zero-order valence-corrected chi connectivity index (χ0v) is 12.2. The Bertz CT molecular complexity index is 535. The first-order valence-corrected chi connectivity index (χ1v) is 6.74. The van der Waals surface area contributed by atoms with Crippen molar-refractivity contribution in [2.75, 3.05) is 11.1 Å².